The van der Waals surface area contributed by atoms with E-state index in [-0.39, 0.29) is 16.6 Å². The summed E-state index contributed by atoms with van der Waals surface area (Å²) in [6.07, 6.45) is 0. The standard InChI is InChI=1S/C16H22O4/c1-13(2,3)16-14(4,5)10-18-15(16,19-20-16)11-7-6-8-12(17)9-11/h6-9,17H,10H2,1-5H3. The van der Waals surface area contributed by atoms with Crippen molar-refractivity contribution >= 4 is 0 Å². The van der Waals surface area contributed by atoms with Crippen LogP contribution in [0.15, 0.2) is 24.3 Å². The van der Waals surface area contributed by atoms with Gasteiger partial charge in [0.15, 0.2) is 5.60 Å². The molecule has 4 heteroatoms. The zero-order valence-corrected chi connectivity index (χ0v) is 12.7. The number of ether oxygens (including phenoxy) is 1. The molecule has 0 saturated carbocycles. The lowest BCUT2D eigenvalue weighted by Gasteiger charge is -2.61. The Labute approximate surface area is 119 Å². The van der Waals surface area contributed by atoms with Gasteiger partial charge in [0, 0.05) is 16.4 Å². The van der Waals surface area contributed by atoms with Crippen LogP contribution in [0.1, 0.15) is 40.2 Å². The monoisotopic (exact) mass is 278 g/mol. The van der Waals surface area contributed by atoms with Crippen molar-refractivity contribution in [1.29, 1.82) is 0 Å². The second-order valence-electron chi connectivity index (χ2n) is 7.44. The summed E-state index contributed by atoms with van der Waals surface area (Å²) >= 11 is 0. The van der Waals surface area contributed by atoms with Crippen molar-refractivity contribution in [3.05, 3.63) is 29.8 Å². The zero-order valence-electron chi connectivity index (χ0n) is 12.7. The summed E-state index contributed by atoms with van der Waals surface area (Å²) in [5.41, 5.74) is -0.184. The fourth-order valence-corrected chi connectivity index (χ4v) is 3.95. The van der Waals surface area contributed by atoms with Gasteiger partial charge < -0.3 is 9.84 Å². The van der Waals surface area contributed by atoms with Gasteiger partial charge >= 0.3 is 0 Å². The molecule has 0 amide bonds. The average Bonchev–Trinajstić information content (AvgIpc) is 2.41. The highest BCUT2D eigenvalue weighted by atomic mass is 17.3. The Bertz CT molecular complexity index is 546. The maximum absolute atomic E-state index is 9.76. The Kier molecular flexibility index (Phi) is 2.60. The predicted octanol–water partition coefficient (Wildman–Crippen LogP) is 3.35. The van der Waals surface area contributed by atoms with E-state index >= 15 is 0 Å². The topological polar surface area (TPSA) is 47.9 Å². The second kappa shape index (κ2) is 3.75. The average molecular weight is 278 g/mol. The molecule has 2 aliphatic rings. The number of phenolic OH excluding ortho intramolecular Hbond substituents is 1. The van der Waals surface area contributed by atoms with Crippen LogP contribution in [0.25, 0.3) is 0 Å². The molecule has 1 N–H and O–H groups in total. The largest absolute Gasteiger partial charge is 0.508 e. The highest BCUT2D eigenvalue weighted by Gasteiger charge is 2.81. The second-order valence-corrected chi connectivity index (χ2v) is 7.44. The minimum atomic E-state index is -0.951. The van der Waals surface area contributed by atoms with Crippen molar-refractivity contribution in [2.75, 3.05) is 6.61 Å². The molecule has 0 aromatic heterocycles. The van der Waals surface area contributed by atoms with E-state index in [0.717, 1.165) is 5.56 Å². The van der Waals surface area contributed by atoms with Gasteiger partial charge in [-0.3, -0.25) is 0 Å². The number of phenols is 1. The molecule has 110 valence electrons. The van der Waals surface area contributed by atoms with Crippen molar-refractivity contribution in [2.24, 2.45) is 10.8 Å². The molecule has 2 aliphatic heterocycles. The first-order valence-corrected chi connectivity index (χ1v) is 6.97. The Morgan fingerprint density at radius 3 is 2.35 bits per heavy atom. The van der Waals surface area contributed by atoms with Gasteiger partial charge in [-0.15, -0.1) is 0 Å². The van der Waals surface area contributed by atoms with E-state index in [1.165, 1.54) is 0 Å². The molecule has 1 aromatic rings. The molecule has 0 bridgehead atoms. The summed E-state index contributed by atoms with van der Waals surface area (Å²) in [7, 11) is 0. The summed E-state index contributed by atoms with van der Waals surface area (Å²) in [5, 5.41) is 9.76. The lowest BCUT2D eigenvalue weighted by atomic mass is 9.57. The molecule has 3 rings (SSSR count). The summed E-state index contributed by atoms with van der Waals surface area (Å²) in [6.45, 7) is 11.2. The van der Waals surface area contributed by atoms with Crippen molar-refractivity contribution in [2.45, 2.75) is 46.0 Å². The molecular formula is C16H22O4. The third-order valence-corrected chi connectivity index (χ3v) is 4.62. The molecule has 2 unspecified atom stereocenters. The first-order chi connectivity index (χ1) is 9.16. The molecular weight excluding hydrogens is 256 g/mol. The lowest BCUT2D eigenvalue weighted by Crippen LogP contribution is -2.72. The molecule has 0 spiro atoms. The van der Waals surface area contributed by atoms with E-state index in [2.05, 4.69) is 34.6 Å². The van der Waals surface area contributed by atoms with Gasteiger partial charge in [-0.2, -0.15) is 4.89 Å². The number of aromatic hydroxyl groups is 1. The van der Waals surface area contributed by atoms with Crippen LogP contribution in [0.4, 0.5) is 0 Å². The van der Waals surface area contributed by atoms with Crippen LogP contribution >= 0.6 is 0 Å². The van der Waals surface area contributed by atoms with Gasteiger partial charge in [-0.05, 0) is 12.1 Å². The lowest BCUT2D eigenvalue weighted by molar-refractivity contribution is -0.626. The fourth-order valence-electron chi connectivity index (χ4n) is 3.95. The van der Waals surface area contributed by atoms with Gasteiger partial charge in [0.1, 0.15) is 5.75 Å². The minimum absolute atomic E-state index is 0.184. The normalized spacial score (nSPS) is 35.5. The molecule has 1 aromatic carbocycles. The van der Waals surface area contributed by atoms with Crippen molar-refractivity contribution in [3.8, 4) is 5.75 Å². The van der Waals surface area contributed by atoms with Gasteiger partial charge in [-0.25, -0.2) is 4.89 Å². The SMILES string of the molecule is CC(C)(C)C12OOC1(c1cccc(O)c1)OCC2(C)C. The van der Waals surface area contributed by atoms with Crippen molar-refractivity contribution in [3.63, 3.8) is 0 Å². The van der Waals surface area contributed by atoms with E-state index in [1.54, 1.807) is 18.2 Å². The van der Waals surface area contributed by atoms with Gasteiger partial charge in [-0.1, -0.05) is 46.8 Å². The molecule has 20 heavy (non-hydrogen) atoms. The quantitative estimate of drug-likeness (QED) is 0.800. The van der Waals surface area contributed by atoms with Crippen LogP contribution in [0.2, 0.25) is 0 Å². The molecule has 2 atom stereocenters. The third kappa shape index (κ3) is 1.37. The summed E-state index contributed by atoms with van der Waals surface area (Å²) < 4.78 is 6.07. The minimum Gasteiger partial charge on any atom is -0.508 e. The van der Waals surface area contributed by atoms with E-state index in [4.69, 9.17) is 14.5 Å². The highest BCUT2D eigenvalue weighted by Crippen LogP contribution is 2.69. The molecule has 0 aliphatic carbocycles. The molecule has 4 nitrogen and oxygen atoms in total. The Morgan fingerprint density at radius 2 is 1.85 bits per heavy atom. The molecule has 2 fully saturated rings. The first-order valence-electron chi connectivity index (χ1n) is 6.97. The summed E-state index contributed by atoms with van der Waals surface area (Å²) in [4.78, 5) is 11.2. The first kappa shape index (κ1) is 13.9. The van der Waals surface area contributed by atoms with Crippen LogP contribution in [0, 0.1) is 10.8 Å². The zero-order chi connectivity index (χ0) is 14.8. The Balaban J connectivity index is 2.19. The fraction of sp³-hybridized carbons (Fsp3) is 0.625. The van der Waals surface area contributed by atoms with Crippen LogP contribution in [-0.2, 0) is 20.3 Å². The number of hydrogen-bond acceptors (Lipinski definition) is 4. The van der Waals surface area contributed by atoms with Gasteiger partial charge in [0.2, 0.25) is 0 Å². The third-order valence-electron chi connectivity index (χ3n) is 4.62. The smallest absolute Gasteiger partial charge is 0.261 e. The van der Waals surface area contributed by atoms with Gasteiger partial charge in [0.05, 0.1) is 6.61 Å². The summed E-state index contributed by atoms with van der Waals surface area (Å²) in [6, 6.07) is 7.02. The Morgan fingerprint density at radius 1 is 1.15 bits per heavy atom. The maximum Gasteiger partial charge on any atom is 0.261 e. The van der Waals surface area contributed by atoms with Crippen molar-refractivity contribution in [1.82, 2.24) is 0 Å². The molecule has 2 heterocycles. The predicted molar refractivity (Wildman–Crippen MR) is 73.9 cm³/mol. The summed E-state index contributed by atoms with van der Waals surface area (Å²) in [5.74, 6) is -0.753. The van der Waals surface area contributed by atoms with E-state index in [9.17, 15) is 5.11 Å². The number of fused-ring (bicyclic) bond motifs is 1. The molecule has 0 radical (unpaired) electrons. The number of rotatable bonds is 1. The number of hydrogen-bond donors (Lipinski definition) is 1. The maximum atomic E-state index is 9.76. The van der Waals surface area contributed by atoms with E-state index in [1.807, 2.05) is 6.07 Å². The van der Waals surface area contributed by atoms with Crippen LogP contribution in [0.5, 0.6) is 5.75 Å². The molecule has 2 saturated heterocycles. The van der Waals surface area contributed by atoms with Crippen molar-refractivity contribution < 1.29 is 19.6 Å². The van der Waals surface area contributed by atoms with Gasteiger partial charge in [0.25, 0.3) is 5.79 Å². The van der Waals surface area contributed by atoms with E-state index in [0.29, 0.717) is 6.61 Å². The van der Waals surface area contributed by atoms with Crippen LogP contribution in [-0.4, -0.2) is 17.3 Å². The number of benzene rings is 1. The van der Waals surface area contributed by atoms with Crippen LogP contribution in [0.3, 0.4) is 0 Å². The van der Waals surface area contributed by atoms with E-state index < -0.39 is 11.4 Å². The highest BCUT2D eigenvalue weighted by molar-refractivity contribution is 5.36. The Hall–Kier alpha value is -1.10. The van der Waals surface area contributed by atoms with Crippen LogP contribution < -0.4 is 0 Å².